The predicted octanol–water partition coefficient (Wildman–Crippen LogP) is 2.10. The number of nitrogens with zero attached hydrogens (tertiary/aromatic N) is 3. The van der Waals surface area contributed by atoms with Crippen LogP contribution in [-0.2, 0) is 6.54 Å². The number of H-pyrrole nitrogens is 1. The van der Waals surface area contributed by atoms with Crippen molar-refractivity contribution < 1.29 is 0 Å². The summed E-state index contributed by atoms with van der Waals surface area (Å²) in [4.78, 5) is 6.67. The number of nitrogens with one attached hydrogen (secondary N) is 1. The third kappa shape index (κ3) is 2.43. The number of aryl methyl sites for hydroxylation is 1. The molecule has 0 bridgehead atoms. The van der Waals surface area contributed by atoms with Gasteiger partial charge in [-0.1, -0.05) is 6.07 Å². The van der Waals surface area contributed by atoms with Crippen LogP contribution in [0.2, 0.25) is 0 Å². The minimum atomic E-state index is 0.624. The van der Waals surface area contributed by atoms with Crippen LogP contribution in [0.15, 0.2) is 30.6 Å². The lowest BCUT2D eigenvalue weighted by Crippen LogP contribution is -2.20. The number of hydrogen-bond donors (Lipinski definition) is 1. The van der Waals surface area contributed by atoms with Crippen LogP contribution in [0.3, 0.4) is 0 Å². The standard InChI is InChI=1S/C14H18N4/c1-11-7-14(17-16-11)10-18-6-4-13(9-18)12-3-2-5-15-8-12/h2-3,5,7-8,13H,4,6,9-10H2,1H3,(H,16,17). The van der Waals surface area contributed by atoms with Gasteiger partial charge in [0.2, 0.25) is 0 Å². The van der Waals surface area contributed by atoms with Crippen LogP contribution < -0.4 is 0 Å². The first-order valence-corrected chi connectivity index (χ1v) is 6.44. The van der Waals surface area contributed by atoms with Gasteiger partial charge in [0, 0.05) is 31.2 Å². The molecule has 2 aromatic heterocycles. The highest BCUT2D eigenvalue weighted by molar-refractivity contribution is 5.17. The Bertz CT molecular complexity index is 506. The van der Waals surface area contributed by atoms with Gasteiger partial charge in [0.25, 0.3) is 0 Å². The summed E-state index contributed by atoms with van der Waals surface area (Å²) in [5.41, 5.74) is 3.63. The molecule has 1 aliphatic rings. The largest absolute Gasteiger partial charge is 0.297 e. The second kappa shape index (κ2) is 4.90. The minimum Gasteiger partial charge on any atom is -0.297 e. The molecular weight excluding hydrogens is 224 g/mol. The van der Waals surface area contributed by atoms with E-state index in [-0.39, 0.29) is 0 Å². The van der Waals surface area contributed by atoms with Gasteiger partial charge in [-0.15, -0.1) is 0 Å². The van der Waals surface area contributed by atoms with E-state index in [1.807, 2.05) is 25.4 Å². The molecule has 0 saturated carbocycles. The zero-order chi connectivity index (χ0) is 12.4. The van der Waals surface area contributed by atoms with E-state index in [4.69, 9.17) is 0 Å². The topological polar surface area (TPSA) is 44.8 Å². The minimum absolute atomic E-state index is 0.624. The quantitative estimate of drug-likeness (QED) is 0.896. The van der Waals surface area contributed by atoms with Crippen molar-refractivity contribution in [1.29, 1.82) is 0 Å². The van der Waals surface area contributed by atoms with Gasteiger partial charge in [-0.25, -0.2) is 0 Å². The van der Waals surface area contributed by atoms with Crippen LogP contribution in [0.5, 0.6) is 0 Å². The van der Waals surface area contributed by atoms with E-state index in [9.17, 15) is 0 Å². The number of pyridine rings is 1. The van der Waals surface area contributed by atoms with E-state index in [2.05, 4.69) is 32.2 Å². The molecule has 2 aromatic rings. The Labute approximate surface area is 107 Å². The molecule has 0 radical (unpaired) electrons. The van der Waals surface area contributed by atoms with Crippen molar-refractivity contribution >= 4 is 0 Å². The molecule has 1 unspecified atom stereocenters. The van der Waals surface area contributed by atoms with Crippen molar-refractivity contribution in [2.24, 2.45) is 0 Å². The molecule has 94 valence electrons. The van der Waals surface area contributed by atoms with Gasteiger partial charge in [0.15, 0.2) is 0 Å². The van der Waals surface area contributed by atoms with Crippen molar-refractivity contribution in [3.8, 4) is 0 Å². The van der Waals surface area contributed by atoms with Crippen molar-refractivity contribution in [2.75, 3.05) is 13.1 Å². The molecule has 0 aliphatic carbocycles. The first-order valence-electron chi connectivity index (χ1n) is 6.44. The molecule has 3 heterocycles. The summed E-state index contributed by atoms with van der Waals surface area (Å²) in [6, 6.07) is 6.33. The average molecular weight is 242 g/mol. The van der Waals surface area contributed by atoms with Crippen LogP contribution >= 0.6 is 0 Å². The number of rotatable bonds is 3. The zero-order valence-electron chi connectivity index (χ0n) is 10.6. The lowest BCUT2D eigenvalue weighted by Gasteiger charge is -2.14. The highest BCUT2D eigenvalue weighted by Gasteiger charge is 2.24. The average Bonchev–Trinajstić information content (AvgIpc) is 3.01. The second-order valence-corrected chi connectivity index (χ2v) is 5.05. The molecule has 1 aliphatic heterocycles. The maximum absolute atomic E-state index is 4.30. The summed E-state index contributed by atoms with van der Waals surface area (Å²) in [5, 5.41) is 7.30. The molecule has 0 spiro atoms. The highest BCUT2D eigenvalue weighted by Crippen LogP contribution is 2.27. The number of aromatic nitrogens is 3. The Kier molecular flexibility index (Phi) is 3.11. The predicted molar refractivity (Wildman–Crippen MR) is 70.2 cm³/mol. The summed E-state index contributed by atoms with van der Waals surface area (Å²) in [5.74, 6) is 0.624. The fraction of sp³-hybridized carbons (Fsp3) is 0.429. The molecule has 0 amide bonds. The van der Waals surface area contributed by atoms with Crippen LogP contribution in [0, 0.1) is 6.92 Å². The molecule has 4 heteroatoms. The van der Waals surface area contributed by atoms with Gasteiger partial charge >= 0.3 is 0 Å². The van der Waals surface area contributed by atoms with Gasteiger partial charge in [-0.05, 0) is 43.5 Å². The highest BCUT2D eigenvalue weighted by atomic mass is 15.2. The van der Waals surface area contributed by atoms with Crippen molar-refractivity contribution in [3.63, 3.8) is 0 Å². The Morgan fingerprint density at radius 2 is 2.44 bits per heavy atom. The Morgan fingerprint density at radius 3 is 3.17 bits per heavy atom. The Balaban J connectivity index is 1.62. The summed E-state index contributed by atoms with van der Waals surface area (Å²) < 4.78 is 0. The van der Waals surface area contributed by atoms with Gasteiger partial charge in [-0.2, -0.15) is 5.10 Å². The SMILES string of the molecule is Cc1cc(CN2CCC(c3cccnc3)C2)n[nH]1. The fourth-order valence-corrected chi connectivity index (χ4v) is 2.65. The van der Waals surface area contributed by atoms with Crippen molar-refractivity contribution in [3.05, 3.63) is 47.5 Å². The normalized spacial score (nSPS) is 20.4. The summed E-state index contributed by atoms with van der Waals surface area (Å²) in [7, 11) is 0. The maximum Gasteiger partial charge on any atom is 0.0765 e. The monoisotopic (exact) mass is 242 g/mol. The van der Waals surface area contributed by atoms with Crippen LogP contribution in [0.1, 0.15) is 29.3 Å². The molecular formula is C14H18N4. The fourth-order valence-electron chi connectivity index (χ4n) is 2.65. The lowest BCUT2D eigenvalue weighted by molar-refractivity contribution is 0.322. The van der Waals surface area contributed by atoms with Crippen LogP contribution in [0.25, 0.3) is 0 Å². The van der Waals surface area contributed by atoms with E-state index < -0.39 is 0 Å². The van der Waals surface area contributed by atoms with Crippen molar-refractivity contribution in [2.45, 2.75) is 25.8 Å². The molecule has 1 atom stereocenters. The molecule has 1 saturated heterocycles. The van der Waals surface area contributed by atoms with E-state index in [1.165, 1.54) is 12.0 Å². The first kappa shape index (κ1) is 11.4. The van der Waals surface area contributed by atoms with Crippen LogP contribution in [0.4, 0.5) is 0 Å². The Hall–Kier alpha value is -1.68. The maximum atomic E-state index is 4.30. The lowest BCUT2D eigenvalue weighted by atomic mass is 10.0. The molecule has 0 aromatic carbocycles. The third-order valence-corrected chi connectivity index (χ3v) is 3.57. The van der Waals surface area contributed by atoms with Gasteiger partial charge < -0.3 is 0 Å². The van der Waals surface area contributed by atoms with Gasteiger partial charge in [0.1, 0.15) is 0 Å². The molecule has 3 rings (SSSR count). The summed E-state index contributed by atoms with van der Waals surface area (Å²) in [6.45, 7) is 5.24. The number of aromatic amines is 1. The zero-order valence-corrected chi connectivity index (χ0v) is 10.6. The summed E-state index contributed by atoms with van der Waals surface area (Å²) >= 11 is 0. The first-order chi connectivity index (χ1) is 8.81. The van der Waals surface area contributed by atoms with E-state index in [0.29, 0.717) is 5.92 Å². The Morgan fingerprint density at radius 1 is 1.50 bits per heavy atom. The molecule has 4 nitrogen and oxygen atoms in total. The molecule has 1 N–H and O–H groups in total. The number of hydrogen-bond acceptors (Lipinski definition) is 3. The second-order valence-electron chi connectivity index (χ2n) is 5.05. The molecule has 18 heavy (non-hydrogen) atoms. The van der Waals surface area contributed by atoms with Gasteiger partial charge in [0.05, 0.1) is 5.69 Å². The summed E-state index contributed by atoms with van der Waals surface area (Å²) in [6.07, 6.45) is 5.05. The molecule has 1 fully saturated rings. The third-order valence-electron chi connectivity index (χ3n) is 3.57. The number of likely N-dealkylation sites (tertiary alicyclic amines) is 1. The van der Waals surface area contributed by atoms with E-state index in [1.54, 1.807) is 0 Å². The smallest absolute Gasteiger partial charge is 0.0765 e. The van der Waals surface area contributed by atoms with E-state index in [0.717, 1.165) is 31.0 Å². The van der Waals surface area contributed by atoms with Crippen molar-refractivity contribution in [1.82, 2.24) is 20.1 Å². The van der Waals surface area contributed by atoms with E-state index >= 15 is 0 Å². The van der Waals surface area contributed by atoms with Crippen LogP contribution in [-0.4, -0.2) is 33.2 Å². The van der Waals surface area contributed by atoms with Gasteiger partial charge in [-0.3, -0.25) is 15.0 Å².